The first-order chi connectivity index (χ1) is 8.98. The smallest absolute Gasteiger partial charge is 0.151 e. The summed E-state index contributed by atoms with van der Waals surface area (Å²) in [5, 5.41) is 23.0. The van der Waals surface area contributed by atoms with Crippen molar-refractivity contribution in [1.82, 2.24) is 5.32 Å². The van der Waals surface area contributed by atoms with Crippen LogP contribution in [0, 0.1) is 0 Å². The maximum Gasteiger partial charge on any atom is 0.151 e. The average molecular weight is 301 g/mol. The van der Waals surface area contributed by atoms with E-state index in [4.69, 9.17) is 0 Å². The number of hydrogen-bond donors (Lipinski definition) is 3. The van der Waals surface area contributed by atoms with Gasteiger partial charge in [0.1, 0.15) is 5.75 Å². The molecule has 20 heavy (non-hydrogen) atoms. The summed E-state index contributed by atoms with van der Waals surface area (Å²) in [6.45, 7) is 6.33. The molecule has 0 aliphatic carbocycles. The maximum atomic E-state index is 11.3. The average Bonchev–Trinajstić information content (AvgIpc) is 2.26. The van der Waals surface area contributed by atoms with Gasteiger partial charge in [-0.25, -0.2) is 8.42 Å². The molecular formula is C14H23NO4S. The molecule has 0 aliphatic rings. The van der Waals surface area contributed by atoms with Crippen molar-refractivity contribution in [1.29, 1.82) is 0 Å². The molecule has 114 valence electrons. The largest absolute Gasteiger partial charge is 0.508 e. The Balaban J connectivity index is 2.89. The normalized spacial score (nSPS) is 14.2. The van der Waals surface area contributed by atoms with E-state index in [-0.39, 0.29) is 17.0 Å². The number of aliphatic hydroxyl groups excluding tert-OH is 1. The molecule has 1 aromatic rings. The summed E-state index contributed by atoms with van der Waals surface area (Å²) in [5.41, 5.74) is 0.769. The SMILES string of the molecule is CC(C)(C)NC[C@H](O)c1ccc(O)c(CS(C)(=O)=O)c1. The quantitative estimate of drug-likeness (QED) is 0.764. The summed E-state index contributed by atoms with van der Waals surface area (Å²) in [6, 6.07) is 4.54. The minimum Gasteiger partial charge on any atom is -0.508 e. The third-order valence-electron chi connectivity index (χ3n) is 2.73. The summed E-state index contributed by atoms with van der Waals surface area (Å²) in [6.07, 6.45) is 0.351. The van der Waals surface area contributed by atoms with Crippen molar-refractivity contribution in [3.05, 3.63) is 29.3 Å². The molecule has 5 nitrogen and oxygen atoms in total. The molecule has 0 aliphatic heterocycles. The first-order valence-electron chi connectivity index (χ1n) is 6.40. The van der Waals surface area contributed by atoms with Crippen LogP contribution >= 0.6 is 0 Å². The van der Waals surface area contributed by atoms with Gasteiger partial charge in [0, 0.05) is 23.9 Å². The zero-order chi connectivity index (χ0) is 15.6. The Morgan fingerprint density at radius 2 is 1.90 bits per heavy atom. The molecule has 1 aromatic carbocycles. The van der Waals surface area contributed by atoms with E-state index in [2.05, 4.69) is 5.32 Å². The van der Waals surface area contributed by atoms with Crippen LogP contribution in [0.15, 0.2) is 18.2 Å². The number of benzene rings is 1. The summed E-state index contributed by atoms with van der Waals surface area (Å²) >= 11 is 0. The summed E-state index contributed by atoms with van der Waals surface area (Å²) in [4.78, 5) is 0. The van der Waals surface area contributed by atoms with E-state index in [1.807, 2.05) is 20.8 Å². The molecule has 0 spiro atoms. The van der Waals surface area contributed by atoms with Crippen LogP contribution in [0.1, 0.15) is 38.0 Å². The standard InChI is InChI=1S/C14H23NO4S/c1-14(2,3)15-8-13(17)10-5-6-12(16)11(7-10)9-20(4,18)19/h5-7,13,15-17H,8-9H2,1-4H3/t13-/m0/s1. The molecule has 0 saturated heterocycles. The zero-order valence-electron chi connectivity index (χ0n) is 12.3. The molecule has 0 fully saturated rings. The van der Waals surface area contributed by atoms with Gasteiger partial charge >= 0.3 is 0 Å². The molecule has 1 atom stereocenters. The van der Waals surface area contributed by atoms with Crippen LogP contribution in [-0.4, -0.2) is 37.0 Å². The Bertz CT molecular complexity index is 561. The number of rotatable bonds is 5. The van der Waals surface area contributed by atoms with Crippen LogP contribution < -0.4 is 5.32 Å². The van der Waals surface area contributed by atoms with Crippen molar-refractivity contribution < 1.29 is 18.6 Å². The molecule has 0 bridgehead atoms. The van der Waals surface area contributed by atoms with E-state index in [9.17, 15) is 18.6 Å². The highest BCUT2D eigenvalue weighted by Crippen LogP contribution is 2.24. The highest BCUT2D eigenvalue weighted by Gasteiger charge is 2.16. The van der Waals surface area contributed by atoms with Gasteiger partial charge in [-0.1, -0.05) is 6.07 Å². The fourth-order valence-corrected chi connectivity index (χ4v) is 2.53. The van der Waals surface area contributed by atoms with Gasteiger partial charge in [-0.3, -0.25) is 0 Å². The van der Waals surface area contributed by atoms with E-state index in [0.29, 0.717) is 17.7 Å². The van der Waals surface area contributed by atoms with E-state index in [0.717, 1.165) is 6.26 Å². The fourth-order valence-electron chi connectivity index (χ4n) is 1.73. The summed E-state index contributed by atoms with van der Waals surface area (Å²) < 4.78 is 22.6. The lowest BCUT2D eigenvalue weighted by Crippen LogP contribution is -2.38. The van der Waals surface area contributed by atoms with Gasteiger partial charge in [-0.2, -0.15) is 0 Å². The van der Waals surface area contributed by atoms with Gasteiger partial charge in [0.15, 0.2) is 9.84 Å². The lowest BCUT2D eigenvalue weighted by atomic mass is 10.0. The van der Waals surface area contributed by atoms with Crippen LogP contribution in [0.2, 0.25) is 0 Å². The van der Waals surface area contributed by atoms with Gasteiger partial charge in [0.2, 0.25) is 0 Å². The van der Waals surface area contributed by atoms with Crippen molar-refractivity contribution in [2.75, 3.05) is 12.8 Å². The van der Waals surface area contributed by atoms with Crippen molar-refractivity contribution in [2.24, 2.45) is 0 Å². The van der Waals surface area contributed by atoms with Gasteiger partial charge in [-0.15, -0.1) is 0 Å². The van der Waals surface area contributed by atoms with Gasteiger partial charge in [-0.05, 0) is 38.5 Å². The highest BCUT2D eigenvalue weighted by molar-refractivity contribution is 7.89. The molecule has 6 heteroatoms. The molecule has 0 heterocycles. The molecule has 0 amide bonds. The first kappa shape index (κ1) is 16.9. The predicted molar refractivity (Wildman–Crippen MR) is 79.4 cm³/mol. The number of nitrogens with one attached hydrogen (secondary N) is 1. The predicted octanol–water partition coefficient (Wildman–Crippen LogP) is 1.36. The maximum absolute atomic E-state index is 11.3. The summed E-state index contributed by atoms with van der Waals surface area (Å²) in [5.74, 6) is -0.318. The van der Waals surface area contributed by atoms with Crippen molar-refractivity contribution >= 4 is 9.84 Å². The molecule has 3 N–H and O–H groups in total. The lowest BCUT2D eigenvalue weighted by molar-refractivity contribution is 0.163. The Labute approximate surface area is 120 Å². The number of β-amino-alcohol motifs (C(OH)–C–C–N with tert-alkyl or cyclic N) is 1. The Kier molecular flexibility index (Phi) is 5.18. The lowest BCUT2D eigenvalue weighted by Gasteiger charge is -2.23. The highest BCUT2D eigenvalue weighted by atomic mass is 32.2. The zero-order valence-corrected chi connectivity index (χ0v) is 13.2. The van der Waals surface area contributed by atoms with Crippen LogP contribution in [0.25, 0.3) is 0 Å². The minimum absolute atomic E-state index is 0.0739. The molecule has 0 unspecified atom stereocenters. The molecule has 0 saturated carbocycles. The summed E-state index contributed by atoms with van der Waals surface area (Å²) in [7, 11) is -3.23. The van der Waals surface area contributed by atoms with Crippen LogP contribution in [0.5, 0.6) is 5.75 Å². The number of hydrogen-bond acceptors (Lipinski definition) is 5. The van der Waals surface area contributed by atoms with Crippen molar-refractivity contribution in [3.8, 4) is 5.75 Å². The molecule has 0 aromatic heterocycles. The van der Waals surface area contributed by atoms with E-state index >= 15 is 0 Å². The van der Waals surface area contributed by atoms with Crippen LogP contribution in [-0.2, 0) is 15.6 Å². The Morgan fingerprint density at radius 1 is 1.30 bits per heavy atom. The third-order valence-corrected chi connectivity index (χ3v) is 3.57. The molecule has 0 radical (unpaired) electrons. The molecule has 1 rings (SSSR count). The number of aliphatic hydroxyl groups is 1. The van der Waals surface area contributed by atoms with Gasteiger partial charge in [0.05, 0.1) is 11.9 Å². The van der Waals surface area contributed by atoms with Crippen molar-refractivity contribution in [3.63, 3.8) is 0 Å². The number of aromatic hydroxyl groups is 1. The van der Waals surface area contributed by atoms with Gasteiger partial charge < -0.3 is 15.5 Å². The number of sulfone groups is 1. The van der Waals surface area contributed by atoms with E-state index in [1.165, 1.54) is 12.1 Å². The Morgan fingerprint density at radius 3 is 2.40 bits per heavy atom. The number of phenols is 1. The first-order valence-corrected chi connectivity index (χ1v) is 8.46. The van der Waals surface area contributed by atoms with Gasteiger partial charge in [0.25, 0.3) is 0 Å². The number of phenolic OH excluding ortho intramolecular Hbond substituents is 1. The van der Waals surface area contributed by atoms with Crippen LogP contribution in [0.3, 0.4) is 0 Å². The van der Waals surface area contributed by atoms with E-state index < -0.39 is 15.9 Å². The third kappa shape index (κ3) is 5.90. The van der Waals surface area contributed by atoms with E-state index in [1.54, 1.807) is 6.07 Å². The van der Waals surface area contributed by atoms with Crippen molar-refractivity contribution in [2.45, 2.75) is 38.2 Å². The fraction of sp³-hybridized carbons (Fsp3) is 0.571. The van der Waals surface area contributed by atoms with Crippen LogP contribution in [0.4, 0.5) is 0 Å². The monoisotopic (exact) mass is 301 g/mol. The molecular weight excluding hydrogens is 278 g/mol. The Hall–Kier alpha value is -1.11. The second-order valence-electron chi connectivity index (χ2n) is 6.10. The topological polar surface area (TPSA) is 86.6 Å². The minimum atomic E-state index is -3.23. The second kappa shape index (κ2) is 6.11. The second-order valence-corrected chi connectivity index (χ2v) is 8.25.